The molecule has 1 aliphatic rings. The van der Waals surface area contributed by atoms with Crippen LogP contribution < -0.4 is 5.32 Å². The van der Waals surface area contributed by atoms with Gasteiger partial charge in [0.05, 0.1) is 5.56 Å². The van der Waals surface area contributed by atoms with Crippen molar-refractivity contribution in [3.05, 3.63) is 29.3 Å². The maximum Gasteiger partial charge on any atom is 0.336 e. The Morgan fingerprint density at radius 3 is 2.56 bits per heavy atom. The molecule has 1 aromatic rings. The lowest BCUT2D eigenvalue weighted by molar-refractivity contribution is 0.0696. The van der Waals surface area contributed by atoms with Crippen molar-refractivity contribution in [3.8, 4) is 0 Å². The van der Waals surface area contributed by atoms with E-state index >= 15 is 0 Å². The zero-order valence-electron chi connectivity index (χ0n) is 10.3. The summed E-state index contributed by atoms with van der Waals surface area (Å²) in [5.74, 6) is -0.982. The predicted molar refractivity (Wildman–Crippen MR) is 68.0 cm³/mol. The van der Waals surface area contributed by atoms with Gasteiger partial charge < -0.3 is 15.3 Å². The zero-order chi connectivity index (χ0) is 13.1. The summed E-state index contributed by atoms with van der Waals surface area (Å²) in [7, 11) is 0. The number of aromatic carboxylic acids is 1. The van der Waals surface area contributed by atoms with E-state index in [4.69, 9.17) is 5.11 Å². The van der Waals surface area contributed by atoms with Gasteiger partial charge in [0.25, 0.3) is 0 Å². The monoisotopic (exact) mass is 248 g/mol. The van der Waals surface area contributed by atoms with Crippen LogP contribution in [0.4, 0.5) is 10.5 Å². The summed E-state index contributed by atoms with van der Waals surface area (Å²) in [4.78, 5) is 24.7. The first kappa shape index (κ1) is 12.4. The number of anilines is 1. The number of nitrogens with zero attached hydrogens (tertiary/aromatic N) is 1. The molecule has 1 aromatic carbocycles. The molecule has 0 radical (unpaired) electrons. The molecule has 0 spiro atoms. The third-order valence-corrected chi connectivity index (χ3v) is 3.20. The smallest absolute Gasteiger partial charge is 0.336 e. The van der Waals surface area contributed by atoms with Crippen molar-refractivity contribution in [1.82, 2.24) is 4.90 Å². The second-order valence-electron chi connectivity index (χ2n) is 4.41. The summed E-state index contributed by atoms with van der Waals surface area (Å²) < 4.78 is 0. The molecule has 1 heterocycles. The first-order valence-electron chi connectivity index (χ1n) is 5.98. The van der Waals surface area contributed by atoms with Gasteiger partial charge >= 0.3 is 12.0 Å². The molecular formula is C13H16N2O3. The number of carboxylic acid groups (broad SMARTS) is 1. The van der Waals surface area contributed by atoms with Gasteiger partial charge in [-0.05, 0) is 37.5 Å². The summed E-state index contributed by atoms with van der Waals surface area (Å²) in [5.41, 5.74) is 1.36. The van der Waals surface area contributed by atoms with Crippen molar-refractivity contribution in [2.45, 2.75) is 19.8 Å². The van der Waals surface area contributed by atoms with E-state index in [9.17, 15) is 9.59 Å². The van der Waals surface area contributed by atoms with Crippen molar-refractivity contribution in [3.63, 3.8) is 0 Å². The average molecular weight is 248 g/mol. The first-order valence-corrected chi connectivity index (χ1v) is 5.98. The van der Waals surface area contributed by atoms with Gasteiger partial charge in [-0.15, -0.1) is 0 Å². The molecule has 0 bridgehead atoms. The van der Waals surface area contributed by atoms with Crippen LogP contribution in [0.25, 0.3) is 0 Å². The molecule has 1 saturated heterocycles. The maximum atomic E-state index is 11.9. The highest BCUT2D eigenvalue weighted by Gasteiger charge is 2.19. The Hall–Kier alpha value is -2.04. The van der Waals surface area contributed by atoms with Gasteiger partial charge in [-0.25, -0.2) is 9.59 Å². The van der Waals surface area contributed by atoms with E-state index in [2.05, 4.69) is 5.32 Å². The molecule has 2 amide bonds. The van der Waals surface area contributed by atoms with Crippen molar-refractivity contribution < 1.29 is 14.7 Å². The van der Waals surface area contributed by atoms with Crippen LogP contribution in [0.1, 0.15) is 28.8 Å². The standard InChI is InChI=1S/C13H16N2O3/c1-9-10(12(16)17)5-4-6-11(9)14-13(18)15-7-2-3-8-15/h4-6H,2-3,7-8H2,1H3,(H,14,18)(H,16,17). The zero-order valence-corrected chi connectivity index (χ0v) is 10.3. The van der Waals surface area contributed by atoms with Crippen molar-refractivity contribution in [1.29, 1.82) is 0 Å². The third kappa shape index (κ3) is 2.45. The Balaban J connectivity index is 2.16. The van der Waals surface area contributed by atoms with E-state index in [-0.39, 0.29) is 11.6 Å². The molecular weight excluding hydrogens is 232 g/mol. The lowest BCUT2D eigenvalue weighted by atomic mass is 10.1. The van der Waals surface area contributed by atoms with E-state index in [0.717, 1.165) is 25.9 Å². The van der Waals surface area contributed by atoms with E-state index in [0.29, 0.717) is 11.3 Å². The van der Waals surface area contributed by atoms with Gasteiger partial charge in [0.1, 0.15) is 0 Å². The number of rotatable bonds is 2. The molecule has 0 aromatic heterocycles. The summed E-state index contributed by atoms with van der Waals surface area (Å²) in [6.45, 7) is 3.23. The average Bonchev–Trinajstić information content (AvgIpc) is 2.85. The quantitative estimate of drug-likeness (QED) is 0.843. The summed E-state index contributed by atoms with van der Waals surface area (Å²) in [5, 5.41) is 11.8. The molecule has 1 fully saturated rings. The number of hydrogen-bond acceptors (Lipinski definition) is 2. The number of urea groups is 1. The fourth-order valence-electron chi connectivity index (χ4n) is 2.12. The molecule has 0 atom stereocenters. The molecule has 96 valence electrons. The Labute approximate surface area is 105 Å². The molecule has 5 nitrogen and oxygen atoms in total. The lowest BCUT2D eigenvalue weighted by Gasteiger charge is -2.17. The first-order chi connectivity index (χ1) is 8.59. The van der Waals surface area contributed by atoms with Gasteiger partial charge in [0.2, 0.25) is 0 Å². The number of benzene rings is 1. The number of likely N-dealkylation sites (tertiary alicyclic amines) is 1. The van der Waals surface area contributed by atoms with Gasteiger partial charge in [-0.3, -0.25) is 0 Å². The summed E-state index contributed by atoms with van der Waals surface area (Å²) in [6.07, 6.45) is 2.06. The fraction of sp³-hybridized carbons (Fsp3) is 0.385. The lowest BCUT2D eigenvalue weighted by Crippen LogP contribution is -2.32. The molecule has 2 rings (SSSR count). The van der Waals surface area contributed by atoms with Crippen LogP contribution >= 0.6 is 0 Å². The minimum absolute atomic E-state index is 0.155. The highest BCUT2D eigenvalue weighted by Crippen LogP contribution is 2.20. The van der Waals surface area contributed by atoms with Crippen molar-refractivity contribution in [2.24, 2.45) is 0 Å². The number of nitrogens with one attached hydrogen (secondary N) is 1. The highest BCUT2D eigenvalue weighted by molar-refractivity contribution is 5.95. The van der Waals surface area contributed by atoms with Crippen LogP contribution in [0.5, 0.6) is 0 Å². The van der Waals surface area contributed by atoms with E-state index in [1.807, 2.05) is 0 Å². The minimum Gasteiger partial charge on any atom is -0.478 e. The molecule has 0 unspecified atom stereocenters. The molecule has 18 heavy (non-hydrogen) atoms. The Morgan fingerprint density at radius 2 is 1.94 bits per heavy atom. The topological polar surface area (TPSA) is 69.6 Å². The molecule has 0 aliphatic carbocycles. The summed E-state index contributed by atoms with van der Waals surface area (Å²) in [6, 6.07) is 4.73. The maximum absolute atomic E-state index is 11.9. The van der Waals surface area contributed by atoms with Crippen LogP contribution in [0.3, 0.4) is 0 Å². The molecule has 5 heteroatoms. The number of hydrogen-bond donors (Lipinski definition) is 2. The van der Waals surface area contributed by atoms with Crippen LogP contribution in [0, 0.1) is 6.92 Å². The second kappa shape index (κ2) is 5.08. The number of amides is 2. The highest BCUT2D eigenvalue weighted by atomic mass is 16.4. The van der Waals surface area contributed by atoms with Crippen LogP contribution in [0.15, 0.2) is 18.2 Å². The third-order valence-electron chi connectivity index (χ3n) is 3.20. The molecule has 2 N–H and O–H groups in total. The minimum atomic E-state index is -0.982. The Morgan fingerprint density at radius 1 is 1.28 bits per heavy atom. The second-order valence-corrected chi connectivity index (χ2v) is 4.41. The number of carbonyl (C=O) groups is 2. The molecule has 0 saturated carbocycles. The SMILES string of the molecule is Cc1c(NC(=O)N2CCCC2)cccc1C(=O)O. The normalized spacial score (nSPS) is 14.6. The van der Waals surface area contributed by atoms with Crippen LogP contribution in [-0.4, -0.2) is 35.1 Å². The number of carboxylic acids is 1. The van der Waals surface area contributed by atoms with Gasteiger partial charge in [-0.1, -0.05) is 6.07 Å². The van der Waals surface area contributed by atoms with Gasteiger partial charge in [0.15, 0.2) is 0 Å². The Bertz CT molecular complexity index is 479. The van der Waals surface area contributed by atoms with E-state index < -0.39 is 5.97 Å². The van der Waals surface area contributed by atoms with Gasteiger partial charge in [-0.2, -0.15) is 0 Å². The summed E-state index contributed by atoms with van der Waals surface area (Å²) >= 11 is 0. The Kier molecular flexibility index (Phi) is 3.50. The number of carbonyl (C=O) groups excluding carboxylic acids is 1. The van der Waals surface area contributed by atoms with E-state index in [1.165, 1.54) is 6.07 Å². The predicted octanol–water partition coefficient (Wildman–Crippen LogP) is 2.32. The van der Waals surface area contributed by atoms with Crippen LogP contribution in [-0.2, 0) is 0 Å². The fourth-order valence-corrected chi connectivity index (χ4v) is 2.12. The van der Waals surface area contributed by atoms with Gasteiger partial charge in [0, 0.05) is 18.8 Å². The van der Waals surface area contributed by atoms with E-state index in [1.54, 1.807) is 24.0 Å². The van der Waals surface area contributed by atoms with Crippen molar-refractivity contribution in [2.75, 3.05) is 18.4 Å². The largest absolute Gasteiger partial charge is 0.478 e. The molecule has 1 aliphatic heterocycles. The van der Waals surface area contributed by atoms with Crippen molar-refractivity contribution >= 4 is 17.7 Å². The van der Waals surface area contributed by atoms with Crippen LogP contribution in [0.2, 0.25) is 0 Å².